The van der Waals surface area contributed by atoms with Crippen LogP contribution in [-0.2, 0) is 0 Å². The molecule has 0 amide bonds. The second kappa shape index (κ2) is 7.05. The van der Waals surface area contributed by atoms with Gasteiger partial charge < -0.3 is 9.72 Å². The lowest BCUT2D eigenvalue weighted by Crippen LogP contribution is -1.88. The van der Waals surface area contributed by atoms with Gasteiger partial charge >= 0.3 is 0 Å². The van der Waals surface area contributed by atoms with Crippen molar-refractivity contribution in [1.29, 1.82) is 0 Å². The van der Waals surface area contributed by atoms with Gasteiger partial charge in [-0.2, -0.15) is 0 Å². The summed E-state index contributed by atoms with van der Waals surface area (Å²) in [4.78, 5) is 7.91. The summed E-state index contributed by atoms with van der Waals surface area (Å²) < 4.78 is 6.16. The molecule has 5 aromatic rings. The molecule has 3 heteroatoms. The Balaban J connectivity index is 1.62. The van der Waals surface area contributed by atoms with Crippen LogP contribution in [0.3, 0.4) is 0 Å². The summed E-state index contributed by atoms with van der Waals surface area (Å²) in [7, 11) is 0. The van der Waals surface area contributed by atoms with Crippen molar-refractivity contribution in [1.82, 2.24) is 9.97 Å². The lowest BCUT2D eigenvalue weighted by Gasteiger charge is -2.11. The summed E-state index contributed by atoms with van der Waals surface area (Å²) in [6, 6.07) is 30.4. The van der Waals surface area contributed by atoms with Crippen LogP contribution in [0, 0.1) is 0 Å². The molecule has 0 saturated heterocycles. The summed E-state index contributed by atoms with van der Waals surface area (Å²) in [6.45, 7) is 0. The quantitative estimate of drug-likeness (QED) is 0.387. The molecule has 0 spiro atoms. The molecule has 28 heavy (non-hydrogen) atoms. The predicted molar refractivity (Wildman–Crippen MR) is 113 cm³/mol. The molecule has 0 saturated carbocycles. The second-order valence-electron chi connectivity index (χ2n) is 6.60. The Bertz CT molecular complexity index is 1230. The third-order valence-electron chi connectivity index (χ3n) is 4.79. The van der Waals surface area contributed by atoms with Gasteiger partial charge in [-0.3, -0.25) is 0 Å². The number of aromatic nitrogens is 2. The number of rotatable bonds is 4. The van der Waals surface area contributed by atoms with Crippen LogP contribution >= 0.6 is 0 Å². The Morgan fingerprint density at radius 3 is 2.21 bits per heavy atom. The molecule has 0 radical (unpaired) electrons. The number of fused-ring (bicyclic) bond motifs is 1. The first kappa shape index (κ1) is 16.3. The maximum absolute atomic E-state index is 6.16. The van der Waals surface area contributed by atoms with E-state index in [0.717, 1.165) is 44.8 Å². The number of hydrogen-bond donors (Lipinski definition) is 1. The van der Waals surface area contributed by atoms with E-state index in [1.54, 1.807) is 0 Å². The number of nitrogens with zero attached hydrogens (tertiary/aromatic N) is 1. The standard InChI is InChI=1S/C25H18N2O/c1-3-9-18(10-4-1)19-15-22-23(17-27-25(22)26-16-19)21-13-7-8-14-24(21)28-20-11-5-2-6-12-20/h1-17H,(H,26,27). The highest BCUT2D eigenvalue weighted by Crippen LogP contribution is 2.37. The maximum Gasteiger partial charge on any atom is 0.137 e. The van der Waals surface area contributed by atoms with E-state index in [9.17, 15) is 0 Å². The molecular weight excluding hydrogens is 344 g/mol. The third-order valence-corrected chi connectivity index (χ3v) is 4.79. The number of nitrogens with one attached hydrogen (secondary N) is 1. The van der Waals surface area contributed by atoms with Crippen LogP contribution in [0.4, 0.5) is 0 Å². The molecule has 0 unspecified atom stereocenters. The van der Waals surface area contributed by atoms with Gasteiger partial charge in [0, 0.05) is 34.5 Å². The van der Waals surface area contributed by atoms with Gasteiger partial charge in [0.25, 0.3) is 0 Å². The number of pyridine rings is 1. The number of H-pyrrole nitrogens is 1. The van der Waals surface area contributed by atoms with Crippen LogP contribution in [-0.4, -0.2) is 9.97 Å². The highest BCUT2D eigenvalue weighted by molar-refractivity contribution is 5.97. The minimum atomic E-state index is 0.817. The zero-order valence-corrected chi connectivity index (χ0v) is 15.2. The molecule has 1 N–H and O–H groups in total. The molecule has 2 heterocycles. The van der Waals surface area contributed by atoms with Gasteiger partial charge in [-0.05, 0) is 29.8 Å². The van der Waals surface area contributed by atoms with Crippen molar-refractivity contribution in [3.8, 4) is 33.8 Å². The van der Waals surface area contributed by atoms with E-state index in [-0.39, 0.29) is 0 Å². The number of para-hydroxylation sites is 2. The average Bonchev–Trinajstić information content (AvgIpc) is 3.19. The first-order valence-corrected chi connectivity index (χ1v) is 9.23. The minimum absolute atomic E-state index is 0.817. The molecule has 0 aliphatic rings. The molecule has 0 aliphatic heterocycles. The van der Waals surface area contributed by atoms with Crippen molar-refractivity contribution in [3.05, 3.63) is 103 Å². The fourth-order valence-corrected chi connectivity index (χ4v) is 3.41. The first-order chi connectivity index (χ1) is 13.9. The lowest BCUT2D eigenvalue weighted by molar-refractivity contribution is 0.484. The maximum atomic E-state index is 6.16. The highest BCUT2D eigenvalue weighted by Gasteiger charge is 2.13. The van der Waals surface area contributed by atoms with E-state index in [0.29, 0.717) is 0 Å². The average molecular weight is 362 g/mol. The van der Waals surface area contributed by atoms with Crippen molar-refractivity contribution in [3.63, 3.8) is 0 Å². The van der Waals surface area contributed by atoms with Crippen LogP contribution in [0.2, 0.25) is 0 Å². The largest absolute Gasteiger partial charge is 0.457 e. The van der Waals surface area contributed by atoms with Crippen LogP contribution < -0.4 is 4.74 Å². The monoisotopic (exact) mass is 362 g/mol. The lowest BCUT2D eigenvalue weighted by atomic mass is 10.0. The number of aromatic amines is 1. The number of ether oxygens (including phenoxy) is 1. The Hall–Kier alpha value is -3.85. The first-order valence-electron chi connectivity index (χ1n) is 9.23. The molecule has 2 aromatic heterocycles. The van der Waals surface area contributed by atoms with Gasteiger partial charge in [0.2, 0.25) is 0 Å². The summed E-state index contributed by atoms with van der Waals surface area (Å²) in [5.74, 6) is 1.64. The van der Waals surface area contributed by atoms with Crippen molar-refractivity contribution >= 4 is 11.0 Å². The van der Waals surface area contributed by atoms with E-state index >= 15 is 0 Å². The summed E-state index contributed by atoms with van der Waals surface area (Å²) in [5.41, 5.74) is 5.22. The molecule has 0 aliphatic carbocycles. The van der Waals surface area contributed by atoms with Gasteiger partial charge in [0.15, 0.2) is 0 Å². The molecule has 5 rings (SSSR count). The Labute approximate surface area is 163 Å². The van der Waals surface area contributed by atoms with E-state index < -0.39 is 0 Å². The summed E-state index contributed by atoms with van der Waals surface area (Å²) >= 11 is 0. The SMILES string of the molecule is c1ccc(Oc2ccccc2-c2c[nH]c3ncc(-c4ccccc4)cc23)cc1. The van der Waals surface area contributed by atoms with Gasteiger partial charge in [0.1, 0.15) is 17.1 Å². The number of benzene rings is 3. The molecule has 134 valence electrons. The van der Waals surface area contributed by atoms with Crippen molar-refractivity contribution < 1.29 is 4.74 Å². The van der Waals surface area contributed by atoms with E-state index in [4.69, 9.17) is 4.74 Å². The van der Waals surface area contributed by atoms with Crippen LogP contribution in [0.15, 0.2) is 103 Å². The van der Waals surface area contributed by atoms with E-state index in [1.165, 1.54) is 0 Å². The second-order valence-corrected chi connectivity index (χ2v) is 6.60. The van der Waals surface area contributed by atoms with Crippen LogP contribution in [0.5, 0.6) is 11.5 Å². The van der Waals surface area contributed by atoms with Gasteiger partial charge in [-0.15, -0.1) is 0 Å². The molecule has 0 fully saturated rings. The zero-order chi connectivity index (χ0) is 18.8. The normalized spacial score (nSPS) is 10.9. The van der Waals surface area contributed by atoms with Gasteiger partial charge in [-0.25, -0.2) is 4.98 Å². The molecule has 0 bridgehead atoms. The van der Waals surface area contributed by atoms with Crippen LogP contribution in [0.25, 0.3) is 33.3 Å². The summed E-state index contributed by atoms with van der Waals surface area (Å²) in [6.07, 6.45) is 3.91. The predicted octanol–water partition coefficient (Wildman–Crippen LogP) is 6.69. The molecule has 3 nitrogen and oxygen atoms in total. The zero-order valence-electron chi connectivity index (χ0n) is 15.2. The van der Waals surface area contributed by atoms with Crippen molar-refractivity contribution in [2.45, 2.75) is 0 Å². The fraction of sp³-hybridized carbons (Fsp3) is 0. The minimum Gasteiger partial charge on any atom is -0.457 e. The molecule has 0 atom stereocenters. The van der Waals surface area contributed by atoms with E-state index in [1.807, 2.05) is 79.1 Å². The highest BCUT2D eigenvalue weighted by atomic mass is 16.5. The topological polar surface area (TPSA) is 37.9 Å². The van der Waals surface area contributed by atoms with E-state index in [2.05, 4.69) is 34.2 Å². The van der Waals surface area contributed by atoms with Crippen molar-refractivity contribution in [2.75, 3.05) is 0 Å². The summed E-state index contributed by atoms with van der Waals surface area (Å²) in [5, 5.41) is 1.07. The Morgan fingerprint density at radius 1 is 0.679 bits per heavy atom. The fourth-order valence-electron chi connectivity index (χ4n) is 3.41. The molecule has 3 aromatic carbocycles. The van der Waals surface area contributed by atoms with Crippen LogP contribution in [0.1, 0.15) is 0 Å². The van der Waals surface area contributed by atoms with Crippen molar-refractivity contribution in [2.24, 2.45) is 0 Å². The van der Waals surface area contributed by atoms with Gasteiger partial charge in [0.05, 0.1) is 0 Å². The molecular formula is C25H18N2O. The number of hydrogen-bond acceptors (Lipinski definition) is 2. The van der Waals surface area contributed by atoms with Gasteiger partial charge in [-0.1, -0.05) is 66.7 Å². The Kier molecular flexibility index (Phi) is 4.11. The third kappa shape index (κ3) is 3.03. The Morgan fingerprint density at radius 2 is 1.39 bits per heavy atom. The smallest absolute Gasteiger partial charge is 0.137 e.